The molecule has 0 radical (unpaired) electrons. The van der Waals surface area contributed by atoms with E-state index >= 15 is 0 Å². The smallest absolute Gasteiger partial charge is 0.264 e. The van der Waals surface area contributed by atoms with Gasteiger partial charge in [-0.1, -0.05) is 29.8 Å². The van der Waals surface area contributed by atoms with Crippen LogP contribution in [0.15, 0.2) is 77.7 Å². The lowest BCUT2D eigenvalue weighted by Crippen LogP contribution is -2.40. The number of halogens is 1. The van der Waals surface area contributed by atoms with Gasteiger partial charge in [0.15, 0.2) is 0 Å². The number of nitrogens with one attached hydrogen (secondary N) is 1. The van der Waals surface area contributed by atoms with Gasteiger partial charge in [-0.05, 0) is 74.9 Å². The molecule has 0 saturated heterocycles. The Hall–Kier alpha value is -3.39. The Morgan fingerprint density at radius 2 is 1.70 bits per heavy atom. The van der Waals surface area contributed by atoms with E-state index in [0.717, 1.165) is 27.6 Å². The molecule has 174 valence electrons. The first-order chi connectivity index (χ1) is 15.6. The molecule has 3 aromatic rings. The van der Waals surface area contributed by atoms with Crippen molar-refractivity contribution in [1.82, 2.24) is 5.32 Å². The van der Waals surface area contributed by atoms with E-state index in [1.165, 1.54) is 24.3 Å². The highest BCUT2D eigenvalue weighted by Crippen LogP contribution is 2.24. The number of hydrogen-bond donors (Lipinski definition) is 1. The molecule has 8 heteroatoms. The van der Waals surface area contributed by atoms with E-state index in [4.69, 9.17) is 4.74 Å². The number of nitrogens with zero attached hydrogens (tertiary/aromatic N) is 1. The first-order valence-corrected chi connectivity index (χ1v) is 12.0. The lowest BCUT2D eigenvalue weighted by molar-refractivity contribution is -0.119. The van der Waals surface area contributed by atoms with Crippen molar-refractivity contribution in [3.05, 3.63) is 89.7 Å². The van der Waals surface area contributed by atoms with E-state index in [-0.39, 0.29) is 23.2 Å². The third-order valence-corrected chi connectivity index (χ3v) is 6.56. The maximum absolute atomic E-state index is 13.4. The molecule has 0 aliphatic carbocycles. The third-order valence-electron chi connectivity index (χ3n) is 4.77. The van der Waals surface area contributed by atoms with E-state index in [1.54, 1.807) is 12.1 Å². The fourth-order valence-electron chi connectivity index (χ4n) is 3.15. The topological polar surface area (TPSA) is 75.7 Å². The lowest BCUT2D eigenvalue weighted by atomic mass is 10.2. The highest BCUT2D eigenvalue weighted by molar-refractivity contribution is 7.92. The van der Waals surface area contributed by atoms with Gasteiger partial charge in [0.25, 0.3) is 10.0 Å². The van der Waals surface area contributed by atoms with Crippen molar-refractivity contribution in [2.24, 2.45) is 0 Å². The maximum Gasteiger partial charge on any atom is 0.264 e. The number of carbonyl (C=O) groups excluding carboxylic acids is 1. The monoisotopic (exact) mass is 470 g/mol. The number of ether oxygens (including phenoxy) is 1. The number of aryl methyl sites for hydroxylation is 1. The van der Waals surface area contributed by atoms with Crippen molar-refractivity contribution in [1.29, 1.82) is 0 Å². The Balaban J connectivity index is 1.79. The van der Waals surface area contributed by atoms with Crippen molar-refractivity contribution < 1.29 is 22.3 Å². The summed E-state index contributed by atoms with van der Waals surface area (Å²) in [6.07, 6.45) is 0.0195. The molecule has 0 spiro atoms. The zero-order chi connectivity index (χ0) is 24.0. The molecule has 33 heavy (non-hydrogen) atoms. The van der Waals surface area contributed by atoms with E-state index in [0.29, 0.717) is 5.75 Å². The molecule has 0 aromatic heterocycles. The Labute approximate surface area is 194 Å². The van der Waals surface area contributed by atoms with Gasteiger partial charge >= 0.3 is 0 Å². The predicted octanol–water partition coefficient (Wildman–Crippen LogP) is 4.43. The van der Waals surface area contributed by atoms with Crippen LogP contribution in [0.2, 0.25) is 0 Å². The van der Waals surface area contributed by atoms with Crippen LogP contribution in [0, 0.1) is 12.7 Å². The average Bonchev–Trinajstić information content (AvgIpc) is 2.77. The number of carbonyl (C=O) groups is 1. The van der Waals surface area contributed by atoms with E-state index in [9.17, 15) is 17.6 Å². The zero-order valence-corrected chi connectivity index (χ0v) is 19.6. The Morgan fingerprint density at radius 3 is 2.33 bits per heavy atom. The third kappa shape index (κ3) is 6.55. The molecule has 6 nitrogen and oxygen atoms in total. The molecule has 0 atom stereocenters. The summed E-state index contributed by atoms with van der Waals surface area (Å²) in [7, 11) is -4.05. The molecule has 0 unspecified atom stereocenters. The standard InChI is InChI=1S/C25H27FN2O4S/c1-18(2)32-23-6-4-5-20(15-23)16-27-25(29)17-28(22-11-9-21(26)10-12-22)33(30,31)24-13-7-19(3)8-14-24/h4-15,18H,16-17H2,1-3H3,(H,27,29). The van der Waals surface area contributed by atoms with Crippen molar-refractivity contribution >= 4 is 21.6 Å². The first kappa shape index (κ1) is 24.3. The molecule has 3 aromatic carbocycles. The molecule has 0 aliphatic rings. The second-order valence-electron chi connectivity index (χ2n) is 7.89. The molecule has 0 saturated carbocycles. The molecule has 3 rings (SSSR count). The maximum atomic E-state index is 13.4. The van der Waals surface area contributed by atoms with E-state index in [2.05, 4.69) is 5.32 Å². The second kappa shape index (κ2) is 10.5. The van der Waals surface area contributed by atoms with Crippen LogP contribution in [0.3, 0.4) is 0 Å². The molecule has 1 N–H and O–H groups in total. The van der Waals surface area contributed by atoms with Gasteiger partial charge in [0.2, 0.25) is 5.91 Å². The summed E-state index contributed by atoms with van der Waals surface area (Å²) in [4.78, 5) is 12.8. The lowest BCUT2D eigenvalue weighted by Gasteiger charge is -2.24. The highest BCUT2D eigenvalue weighted by Gasteiger charge is 2.27. The molecular formula is C25H27FN2O4S. The van der Waals surface area contributed by atoms with Crippen molar-refractivity contribution in [3.8, 4) is 5.75 Å². The van der Waals surface area contributed by atoms with Crippen molar-refractivity contribution in [2.75, 3.05) is 10.8 Å². The number of rotatable bonds is 9. The summed E-state index contributed by atoms with van der Waals surface area (Å²) in [5.74, 6) is -0.309. The van der Waals surface area contributed by atoms with Crippen molar-refractivity contribution in [3.63, 3.8) is 0 Å². The van der Waals surface area contributed by atoms with Crippen LogP contribution in [0.5, 0.6) is 5.75 Å². The minimum atomic E-state index is -4.05. The SMILES string of the molecule is Cc1ccc(S(=O)(=O)N(CC(=O)NCc2cccc(OC(C)C)c2)c2ccc(F)cc2)cc1. The van der Waals surface area contributed by atoms with Gasteiger partial charge in [0, 0.05) is 6.54 Å². The van der Waals surface area contributed by atoms with Crippen LogP contribution in [-0.4, -0.2) is 27.0 Å². The Bertz CT molecular complexity index is 1190. The quantitative estimate of drug-likeness (QED) is 0.502. The molecule has 0 aliphatic heterocycles. The van der Waals surface area contributed by atoms with Gasteiger partial charge in [-0.3, -0.25) is 9.10 Å². The van der Waals surface area contributed by atoms with E-state index < -0.39 is 28.3 Å². The van der Waals surface area contributed by atoms with Crippen LogP contribution >= 0.6 is 0 Å². The van der Waals surface area contributed by atoms with Crippen LogP contribution in [0.4, 0.5) is 10.1 Å². The summed E-state index contributed by atoms with van der Waals surface area (Å²) >= 11 is 0. The van der Waals surface area contributed by atoms with Gasteiger partial charge in [-0.15, -0.1) is 0 Å². The predicted molar refractivity (Wildman–Crippen MR) is 126 cm³/mol. The summed E-state index contributed by atoms with van der Waals surface area (Å²) < 4.78 is 46.7. The molecule has 1 amide bonds. The van der Waals surface area contributed by atoms with Gasteiger partial charge in [-0.25, -0.2) is 12.8 Å². The van der Waals surface area contributed by atoms with E-state index in [1.807, 2.05) is 45.0 Å². The summed E-state index contributed by atoms with van der Waals surface area (Å²) in [6.45, 7) is 5.45. The summed E-state index contributed by atoms with van der Waals surface area (Å²) in [6, 6.07) is 18.6. The van der Waals surface area contributed by atoms with Crippen LogP contribution < -0.4 is 14.4 Å². The molecular weight excluding hydrogens is 443 g/mol. The van der Waals surface area contributed by atoms with Crippen LogP contribution in [0.1, 0.15) is 25.0 Å². The largest absolute Gasteiger partial charge is 0.491 e. The fraction of sp³-hybridized carbons (Fsp3) is 0.240. The Morgan fingerprint density at radius 1 is 1.03 bits per heavy atom. The van der Waals surface area contributed by atoms with Crippen LogP contribution in [-0.2, 0) is 21.4 Å². The average molecular weight is 471 g/mol. The normalized spacial score (nSPS) is 11.3. The first-order valence-electron chi connectivity index (χ1n) is 10.5. The number of hydrogen-bond acceptors (Lipinski definition) is 4. The molecule has 0 heterocycles. The fourth-order valence-corrected chi connectivity index (χ4v) is 4.57. The zero-order valence-electron chi connectivity index (χ0n) is 18.8. The minimum absolute atomic E-state index is 0.0195. The number of benzene rings is 3. The number of sulfonamides is 1. The van der Waals surface area contributed by atoms with Crippen molar-refractivity contribution in [2.45, 2.75) is 38.3 Å². The minimum Gasteiger partial charge on any atom is -0.491 e. The Kier molecular flexibility index (Phi) is 7.71. The van der Waals surface area contributed by atoms with Gasteiger partial charge in [0.05, 0.1) is 16.7 Å². The van der Waals surface area contributed by atoms with Gasteiger partial charge in [-0.2, -0.15) is 0 Å². The second-order valence-corrected chi connectivity index (χ2v) is 9.75. The van der Waals surface area contributed by atoms with Gasteiger partial charge in [0.1, 0.15) is 18.1 Å². The number of anilines is 1. The summed E-state index contributed by atoms with van der Waals surface area (Å²) in [5.41, 5.74) is 1.92. The van der Waals surface area contributed by atoms with Gasteiger partial charge < -0.3 is 10.1 Å². The van der Waals surface area contributed by atoms with Crippen LogP contribution in [0.25, 0.3) is 0 Å². The summed E-state index contributed by atoms with van der Waals surface area (Å²) in [5, 5.41) is 2.75. The highest BCUT2D eigenvalue weighted by atomic mass is 32.2. The molecule has 0 fully saturated rings. The molecule has 0 bridgehead atoms. The number of amides is 1.